The second-order valence-electron chi connectivity index (χ2n) is 4.65. The number of carbonyl (C=O) groups is 1. The van der Waals surface area contributed by atoms with Crippen LogP contribution in [0.4, 0.5) is 0 Å². The zero-order chi connectivity index (χ0) is 12.3. The molecule has 0 bridgehead atoms. The molecule has 3 N–H and O–H groups in total. The van der Waals surface area contributed by atoms with E-state index >= 15 is 0 Å². The molecular formula is C12H16N2OS. The van der Waals surface area contributed by atoms with Gasteiger partial charge < -0.3 is 11.1 Å². The monoisotopic (exact) mass is 236 g/mol. The zero-order valence-corrected chi connectivity index (χ0v) is 10.5. The zero-order valence-electron chi connectivity index (χ0n) is 9.70. The molecule has 0 saturated heterocycles. The molecule has 4 heteroatoms. The maximum Gasteiger partial charge on any atom is 0.251 e. The maximum atomic E-state index is 11.8. The summed E-state index contributed by atoms with van der Waals surface area (Å²) in [6.07, 6.45) is 0. The van der Waals surface area contributed by atoms with Gasteiger partial charge in [0.25, 0.3) is 5.91 Å². The van der Waals surface area contributed by atoms with Gasteiger partial charge in [-0.1, -0.05) is 24.4 Å². The van der Waals surface area contributed by atoms with Crippen LogP contribution in [-0.2, 0) is 0 Å². The molecule has 0 radical (unpaired) electrons. The number of nitrogens with one attached hydrogen (secondary N) is 1. The van der Waals surface area contributed by atoms with E-state index in [1.165, 1.54) is 0 Å². The lowest BCUT2D eigenvalue weighted by atomic mass is 10.1. The van der Waals surface area contributed by atoms with Crippen molar-refractivity contribution in [3.8, 4) is 0 Å². The van der Waals surface area contributed by atoms with Crippen LogP contribution in [0.1, 0.15) is 36.7 Å². The van der Waals surface area contributed by atoms with Crippen molar-refractivity contribution in [3.63, 3.8) is 0 Å². The summed E-state index contributed by atoms with van der Waals surface area (Å²) in [4.78, 5) is 12.1. The summed E-state index contributed by atoms with van der Waals surface area (Å²) < 4.78 is 0. The SMILES string of the molecule is CC(C)(C)NC(=O)c1cccc(C(N)=S)c1. The molecule has 1 amide bonds. The molecule has 86 valence electrons. The van der Waals surface area contributed by atoms with Crippen molar-refractivity contribution in [2.24, 2.45) is 5.73 Å². The molecule has 0 heterocycles. The van der Waals surface area contributed by atoms with Gasteiger partial charge in [-0.05, 0) is 32.9 Å². The largest absolute Gasteiger partial charge is 0.389 e. The minimum atomic E-state index is -0.254. The number of carbonyl (C=O) groups excluding carboxylic acids is 1. The van der Waals surface area contributed by atoms with Gasteiger partial charge in [0.2, 0.25) is 0 Å². The Morgan fingerprint density at radius 3 is 2.38 bits per heavy atom. The van der Waals surface area contributed by atoms with Crippen LogP contribution in [0, 0.1) is 0 Å². The van der Waals surface area contributed by atoms with Gasteiger partial charge in [-0.25, -0.2) is 0 Å². The van der Waals surface area contributed by atoms with E-state index in [-0.39, 0.29) is 11.4 Å². The van der Waals surface area contributed by atoms with E-state index < -0.39 is 0 Å². The van der Waals surface area contributed by atoms with E-state index in [1.54, 1.807) is 24.3 Å². The Kier molecular flexibility index (Phi) is 3.65. The summed E-state index contributed by atoms with van der Waals surface area (Å²) in [7, 11) is 0. The number of nitrogens with two attached hydrogens (primary N) is 1. The van der Waals surface area contributed by atoms with Crippen LogP contribution in [0.5, 0.6) is 0 Å². The Labute approximate surface area is 101 Å². The molecule has 0 saturated carbocycles. The number of benzene rings is 1. The quantitative estimate of drug-likeness (QED) is 0.770. The van der Waals surface area contributed by atoms with Crippen LogP contribution in [0.2, 0.25) is 0 Å². The average Bonchev–Trinajstić information content (AvgIpc) is 2.15. The molecule has 16 heavy (non-hydrogen) atoms. The van der Waals surface area contributed by atoms with Gasteiger partial charge in [0, 0.05) is 16.7 Å². The number of rotatable bonds is 2. The van der Waals surface area contributed by atoms with Gasteiger partial charge >= 0.3 is 0 Å². The topological polar surface area (TPSA) is 55.1 Å². The van der Waals surface area contributed by atoms with E-state index in [2.05, 4.69) is 5.32 Å². The molecule has 0 unspecified atom stereocenters. The molecule has 0 aliphatic carbocycles. The van der Waals surface area contributed by atoms with E-state index in [1.807, 2.05) is 20.8 Å². The van der Waals surface area contributed by atoms with Crippen LogP contribution in [0.25, 0.3) is 0 Å². The smallest absolute Gasteiger partial charge is 0.251 e. The highest BCUT2D eigenvalue weighted by Crippen LogP contribution is 2.07. The van der Waals surface area contributed by atoms with Crippen molar-refractivity contribution in [2.75, 3.05) is 0 Å². The van der Waals surface area contributed by atoms with E-state index in [9.17, 15) is 4.79 Å². The summed E-state index contributed by atoms with van der Waals surface area (Å²) in [5.74, 6) is -0.120. The van der Waals surface area contributed by atoms with Crippen LogP contribution in [0.3, 0.4) is 0 Å². The first-order chi connectivity index (χ1) is 7.29. The molecule has 1 aromatic carbocycles. The van der Waals surface area contributed by atoms with Gasteiger partial charge in [-0.3, -0.25) is 4.79 Å². The second-order valence-corrected chi connectivity index (χ2v) is 5.09. The fraction of sp³-hybridized carbons (Fsp3) is 0.333. The van der Waals surface area contributed by atoms with Gasteiger partial charge in [0.15, 0.2) is 0 Å². The molecule has 0 atom stereocenters. The minimum Gasteiger partial charge on any atom is -0.389 e. The third-order valence-electron chi connectivity index (χ3n) is 1.90. The summed E-state index contributed by atoms with van der Waals surface area (Å²) in [5.41, 5.74) is 6.53. The van der Waals surface area contributed by atoms with Crippen molar-refractivity contribution in [2.45, 2.75) is 26.3 Å². The number of thiocarbonyl (C=S) groups is 1. The van der Waals surface area contributed by atoms with Gasteiger partial charge in [0.1, 0.15) is 4.99 Å². The fourth-order valence-electron chi connectivity index (χ4n) is 1.23. The lowest BCUT2D eigenvalue weighted by Crippen LogP contribution is -2.40. The number of hydrogen-bond donors (Lipinski definition) is 2. The van der Waals surface area contributed by atoms with Gasteiger partial charge in [-0.2, -0.15) is 0 Å². The molecule has 0 aliphatic rings. The molecular weight excluding hydrogens is 220 g/mol. The van der Waals surface area contributed by atoms with Crippen LogP contribution in [0.15, 0.2) is 24.3 Å². The summed E-state index contributed by atoms with van der Waals surface area (Å²) in [6, 6.07) is 6.99. The molecule has 1 aromatic rings. The third-order valence-corrected chi connectivity index (χ3v) is 2.13. The Bertz CT molecular complexity index is 421. The standard InChI is InChI=1S/C12H16N2OS/c1-12(2,3)14-11(15)9-6-4-5-8(7-9)10(13)16/h4-7H,1-3H3,(H2,13,16)(H,14,15). The first-order valence-corrected chi connectivity index (χ1v) is 5.43. The predicted molar refractivity (Wildman–Crippen MR) is 69.5 cm³/mol. The van der Waals surface area contributed by atoms with Crippen LogP contribution >= 0.6 is 12.2 Å². The summed E-state index contributed by atoms with van der Waals surface area (Å²) >= 11 is 4.86. The molecule has 1 rings (SSSR count). The minimum absolute atomic E-state index is 0.120. The highest BCUT2D eigenvalue weighted by atomic mass is 32.1. The maximum absolute atomic E-state index is 11.8. The molecule has 0 spiro atoms. The van der Waals surface area contributed by atoms with Crippen LogP contribution in [-0.4, -0.2) is 16.4 Å². The number of amides is 1. The Morgan fingerprint density at radius 2 is 1.88 bits per heavy atom. The number of hydrogen-bond acceptors (Lipinski definition) is 2. The van der Waals surface area contributed by atoms with E-state index in [0.29, 0.717) is 16.1 Å². The van der Waals surface area contributed by atoms with Crippen molar-refractivity contribution >= 4 is 23.1 Å². The van der Waals surface area contributed by atoms with Crippen molar-refractivity contribution in [1.82, 2.24) is 5.32 Å². The molecule has 0 aliphatic heterocycles. The molecule has 0 aromatic heterocycles. The summed E-state index contributed by atoms with van der Waals surface area (Å²) in [6.45, 7) is 5.80. The Balaban J connectivity index is 2.92. The first-order valence-electron chi connectivity index (χ1n) is 5.02. The van der Waals surface area contributed by atoms with Gasteiger partial charge in [-0.15, -0.1) is 0 Å². The Hall–Kier alpha value is -1.42. The highest BCUT2D eigenvalue weighted by Gasteiger charge is 2.15. The second kappa shape index (κ2) is 4.61. The fourth-order valence-corrected chi connectivity index (χ4v) is 1.35. The average molecular weight is 236 g/mol. The predicted octanol–water partition coefficient (Wildman–Crippen LogP) is 1.85. The van der Waals surface area contributed by atoms with Crippen LogP contribution < -0.4 is 11.1 Å². The Morgan fingerprint density at radius 1 is 1.31 bits per heavy atom. The third kappa shape index (κ3) is 3.62. The highest BCUT2D eigenvalue weighted by molar-refractivity contribution is 7.80. The summed E-state index contributed by atoms with van der Waals surface area (Å²) in [5, 5.41) is 2.88. The van der Waals surface area contributed by atoms with Crippen molar-refractivity contribution in [1.29, 1.82) is 0 Å². The lowest BCUT2D eigenvalue weighted by molar-refractivity contribution is 0.0919. The van der Waals surface area contributed by atoms with E-state index in [0.717, 1.165) is 0 Å². The molecule has 3 nitrogen and oxygen atoms in total. The van der Waals surface area contributed by atoms with Gasteiger partial charge in [0.05, 0.1) is 0 Å². The van der Waals surface area contributed by atoms with Crippen molar-refractivity contribution in [3.05, 3.63) is 35.4 Å². The molecule has 0 fully saturated rings. The van der Waals surface area contributed by atoms with Crippen molar-refractivity contribution < 1.29 is 4.79 Å². The first kappa shape index (κ1) is 12.6. The van der Waals surface area contributed by atoms with E-state index in [4.69, 9.17) is 18.0 Å². The lowest BCUT2D eigenvalue weighted by Gasteiger charge is -2.20. The normalized spacial score (nSPS) is 10.9.